The molecule has 0 heterocycles. The van der Waals surface area contributed by atoms with Crippen LogP contribution in [0.3, 0.4) is 0 Å². The first-order chi connectivity index (χ1) is 25.6. The van der Waals surface area contributed by atoms with Gasteiger partial charge in [0.1, 0.15) is 6.61 Å². The zero-order chi connectivity index (χ0) is 37.8. The number of hydrogen-bond donors (Lipinski definition) is 2. The van der Waals surface area contributed by atoms with E-state index < -0.39 is 6.10 Å². The third-order valence-electron chi connectivity index (χ3n) is 11.4. The van der Waals surface area contributed by atoms with Gasteiger partial charge in [0.05, 0.1) is 12.2 Å². The molecule has 4 heteroatoms. The van der Waals surface area contributed by atoms with E-state index in [0.717, 1.165) is 44.9 Å². The minimum Gasteiger partial charge on any atom is -0.463 e. The number of aliphatic hydroxyl groups excluding tert-OH is 2. The van der Waals surface area contributed by atoms with Crippen molar-refractivity contribution in [3.8, 4) is 0 Å². The van der Waals surface area contributed by atoms with Crippen molar-refractivity contribution in [2.45, 2.75) is 296 Å². The number of ether oxygens (including phenoxy) is 1. The lowest BCUT2D eigenvalue weighted by Gasteiger charge is -2.11. The number of carbonyl (C=O) groups is 1. The summed E-state index contributed by atoms with van der Waals surface area (Å²) in [6.45, 7) is 4.68. The fourth-order valence-corrected chi connectivity index (χ4v) is 7.70. The maximum atomic E-state index is 12.0. The van der Waals surface area contributed by atoms with Gasteiger partial charge in [0.2, 0.25) is 0 Å². The number of carbonyl (C=O) groups excluding carboxylic acids is 1. The van der Waals surface area contributed by atoms with Crippen LogP contribution in [0.1, 0.15) is 284 Å². The van der Waals surface area contributed by atoms with E-state index in [2.05, 4.69) is 13.8 Å². The number of rotatable bonds is 45. The van der Waals surface area contributed by atoms with Crippen LogP contribution in [-0.4, -0.2) is 35.0 Å². The van der Waals surface area contributed by atoms with Gasteiger partial charge in [-0.3, -0.25) is 4.79 Å². The second-order valence-corrected chi connectivity index (χ2v) is 16.8. The molecule has 0 unspecified atom stereocenters. The molecule has 0 aromatic rings. The Morgan fingerprint density at radius 1 is 0.346 bits per heavy atom. The molecule has 0 aromatic heterocycles. The van der Waals surface area contributed by atoms with E-state index in [-0.39, 0.29) is 18.7 Å². The Morgan fingerprint density at radius 3 is 0.885 bits per heavy atom. The topological polar surface area (TPSA) is 66.8 Å². The predicted molar refractivity (Wildman–Crippen MR) is 228 cm³/mol. The summed E-state index contributed by atoms with van der Waals surface area (Å²) < 4.78 is 5.33. The molecule has 0 bridgehead atoms. The molecule has 0 aliphatic rings. The average molecular weight is 737 g/mol. The standard InChI is InChI=1S/C48H96O4/c1-3-5-7-9-10-11-12-13-14-15-16-17-18-19-20-21-22-23-24-25-26-27-28-32-35-39-43-47(50)45-52-48(51)44-40-36-33-30-29-31-34-38-42-46(49)41-37-8-6-4-2/h46-47,49-50H,3-45H2,1-2H3/t46-,47-/m0/s1. The van der Waals surface area contributed by atoms with E-state index in [0.29, 0.717) is 6.42 Å². The van der Waals surface area contributed by atoms with Crippen molar-refractivity contribution in [2.24, 2.45) is 0 Å². The van der Waals surface area contributed by atoms with Crippen LogP contribution >= 0.6 is 0 Å². The van der Waals surface area contributed by atoms with Crippen LogP contribution in [-0.2, 0) is 9.53 Å². The molecular weight excluding hydrogens is 641 g/mol. The van der Waals surface area contributed by atoms with Crippen molar-refractivity contribution in [3.05, 3.63) is 0 Å². The molecule has 0 amide bonds. The molecular formula is C48H96O4. The number of unbranched alkanes of at least 4 members (excludes halogenated alkanes) is 35. The quantitative estimate of drug-likeness (QED) is 0.0482. The number of aliphatic hydroxyl groups is 2. The third-order valence-corrected chi connectivity index (χ3v) is 11.4. The zero-order valence-electron chi connectivity index (χ0n) is 35.8. The summed E-state index contributed by atoms with van der Waals surface area (Å²) in [5, 5.41) is 20.3. The van der Waals surface area contributed by atoms with E-state index in [9.17, 15) is 15.0 Å². The van der Waals surface area contributed by atoms with Gasteiger partial charge in [0, 0.05) is 6.42 Å². The van der Waals surface area contributed by atoms with Gasteiger partial charge in [-0.05, 0) is 25.7 Å². The Balaban J connectivity index is 3.26. The average Bonchev–Trinajstić information content (AvgIpc) is 3.14. The third kappa shape index (κ3) is 43.8. The van der Waals surface area contributed by atoms with Crippen molar-refractivity contribution in [2.75, 3.05) is 6.61 Å². The smallest absolute Gasteiger partial charge is 0.305 e. The highest BCUT2D eigenvalue weighted by Crippen LogP contribution is 2.18. The van der Waals surface area contributed by atoms with Crippen molar-refractivity contribution < 1.29 is 19.7 Å². The number of esters is 1. The molecule has 2 atom stereocenters. The highest BCUT2D eigenvalue weighted by molar-refractivity contribution is 5.69. The maximum Gasteiger partial charge on any atom is 0.305 e. The minimum absolute atomic E-state index is 0.0968. The van der Waals surface area contributed by atoms with E-state index in [4.69, 9.17) is 4.74 Å². The summed E-state index contributed by atoms with van der Waals surface area (Å²) in [7, 11) is 0. The van der Waals surface area contributed by atoms with E-state index >= 15 is 0 Å². The van der Waals surface area contributed by atoms with Crippen LogP contribution in [0.15, 0.2) is 0 Å². The summed E-state index contributed by atoms with van der Waals surface area (Å²) >= 11 is 0. The van der Waals surface area contributed by atoms with Gasteiger partial charge in [-0.1, -0.05) is 251 Å². The molecule has 312 valence electrons. The summed E-state index contributed by atoms with van der Waals surface area (Å²) in [6.07, 6.45) is 53.1. The Kier molecular flexibility index (Phi) is 44.3. The molecule has 0 fully saturated rings. The van der Waals surface area contributed by atoms with Gasteiger partial charge in [0.15, 0.2) is 0 Å². The van der Waals surface area contributed by atoms with Crippen molar-refractivity contribution >= 4 is 5.97 Å². The van der Waals surface area contributed by atoms with Gasteiger partial charge in [-0.15, -0.1) is 0 Å². The first kappa shape index (κ1) is 51.4. The predicted octanol–water partition coefficient (Wildman–Crippen LogP) is 15.7. The van der Waals surface area contributed by atoms with Crippen LogP contribution in [0.25, 0.3) is 0 Å². The molecule has 0 radical (unpaired) electrons. The Labute approximate surface area is 327 Å². The van der Waals surface area contributed by atoms with Crippen LogP contribution in [0.2, 0.25) is 0 Å². The van der Waals surface area contributed by atoms with E-state index in [1.54, 1.807) is 0 Å². The number of hydrogen-bond acceptors (Lipinski definition) is 4. The van der Waals surface area contributed by atoms with Gasteiger partial charge < -0.3 is 14.9 Å². The fourth-order valence-electron chi connectivity index (χ4n) is 7.70. The van der Waals surface area contributed by atoms with Crippen LogP contribution in [0, 0.1) is 0 Å². The Hall–Kier alpha value is -0.610. The van der Waals surface area contributed by atoms with Gasteiger partial charge >= 0.3 is 5.97 Å². The Bertz CT molecular complexity index is 667. The first-order valence-electron chi connectivity index (χ1n) is 24.1. The maximum absolute atomic E-state index is 12.0. The summed E-state index contributed by atoms with van der Waals surface area (Å²) in [5.41, 5.74) is 0. The van der Waals surface area contributed by atoms with Crippen LogP contribution in [0.4, 0.5) is 0 Å². The molecule has 0 spiro atoms. The van der Waals surface area contributed by atoms with Gasteiger partial charge in [-0.2, -0.15) is 0 Å². The molecule has 0 aliphatic carbocycles. The lowest BCUT2D eigenvalue weighted by atomic mass is 10.0. The normalized spacial score (nSPS) is 12.8. The van der Waals surface area contributed by atoms with Crippen molar-refractivity contribution in [3.63, 3.8) is 0 Å². The van der Waals surface area contributed by atoms with Crippen molar-refractivity contribution in [1.29, 1.82) is 0 Å². The Morgan fingerprint density at radius 2 is 0.577 bits per heavy atom. The van der Waals surface area contributed by atoms with E-state index in [1.165, 1.54) is 218 Å². The van der Waals surface area contributed by atoms with Crippen molar-refractivity contribution in [1.82, 2.24) is 0 Å². The molecule has 4 nitrogen and oxygen atoms in total. The summed E-state index contributed by atoms with van der Waals surface area (Å²) in [4.78, 5) is 12.0. The monoisotopic (exact) mass is 737 g/mol. The largest absolute Gasteiger partial charge is 0.463 e. The van der Waals surface area contributed by atoms with E-state index in [1.807, 2.05) is 0 Å². The second kappa shape index (κ2) is 44.8. The molecule has 0 aliphatic heterocycles. The molecule has 0 saturated heterocycles. The van der Waals surface area contributed by atoms with Crippen LogP contribution in [0.5, 0.6) is 0 Å². The fraction of sp³-hybridized carbons (Fsp3) is 0.979. The molecule has 0 saturated carbocycles. The SMILES string of the molecule is CCCCCCCCCCCCCCCCCCCCCCCCCCCC[C@H](O)COC(=O)CCCCCCCCCC[C@@H](O)CCCCCC. The lowest BCUT2D eigenvalue weighted by Crippen LogP contribution is -2.18. The highest BCUT2D eigenvalue weighted by atomic mass is 16.5. The highest BCUT2D eigenvalue weighted by Gasteiger charge is 2.09. The lowest BCUT2D eigenvalue weighted by molar-refractivity contribution is -0.146. The van der Waals surface area contributed by atoms with Gasteiger partial charge in [-0.25, -0.2) is 0 Å². The van der Waals surface area contributed by atoms with Crippen LogP contribution < -0.4 is 0 Å². The molecule has 2 N–H and O–H groups in total. The molecule has 52 heavy (non-hydrogen) atoms. The summed E-state index contributed by atoms with van der Waals surface area (Å²) in [6, 6.07) is 0. The first-order valence-corrected chi connectivity index (χ1v) is 24.1. The minimum atomic E-state index is -0.513. The second-order valence-electron chi connectivity index (χ2n) is 16.8. The molecule has 0 rings (SSSR count). The summed E-state index contributed by atoms with van der Waals surface area (Å²) in [5.74, 6) is -0.155. The molecule has 0 aromatic carbocycles. The zero-order valence-corrected chi connectivity index (χ0v) is 35.8. The van der Waals surface area contributed by atoms with Gasteiger partial charge in [0.25, 0.3) is 0 Å².